The van der Waals surface area contributed by atoms with E-state index in [4.69, 9.17) is 5.73 Å². The smallest absolute Gasteiger partial charge is 0.0197 e. The lowest BCUT2D eigenvalue weighted by Crippen LogP contribution is -2.46. The standard InChI is InChI=1S/C18H29N/c1-14(2)11-17-5-4-10-18(19,13-17)12-16-8-6-15(3)7-9-16/h6-9,14,17H,4-5,10-13,19H2,1-3H3. The van der Waals surface area contributed by atoms with Crippen molar-refractivity contribution in [1.29, 1.82) is 0 Å². The molecule has 0 amide bonds. The van der Waals surface area contributed by atoms with Gasteiger partial charge in [0.05, 0.1) is 0 Å². The molecule has 0 aliphatic heterocycles. The topological polar surface area (TPSA) is 26.0 Å². The Morgan fingerprint density at radius 1 is 1.26 bits per heavy atom. The number of nitrogens with two attached hydrogens (primary N) is 1. The molecule has 106 valence electrons. The zero-order chi connectivity index (χ0) is 13.9. The molecule has 0 aromatic heterocycles. The van der Waals surface area contributed by atoms with Crippen LogP contribution >= 0.6 is 0 Å². The van der Waals surface area contributed by atoms with Crippen molar-refractivity contribution in [2.75, 3.05) is 0 Å². The van der Waals surface area contributed by atoms with Gasteiger partial charge in [-0.2, -0.15) is 0 Å². The fraction of sp³-hybridized carbons (Fsp3) is 0.667. The third kappa shape index (κ3) is 4.35. The van der Waals surface area contributed by atoms with Gasteiger partial charge in [-0.15, -0.1) is 0 Å². The lowest BCUT2D eigenvalue weighted by Gasteiger charge is -2.39. The highest BCUT2D eigenvalue weighted by atomic mass is 14.7. The van der Waals surface area contributed by atoms with Gasteiger partial charge in [-0.05, 0) is 50.0 Å². The Labute approximate surface area is 118 Å². The summed E-state index contributed by atoms with van der Waals surface area (Å²) in [5.74, 6) is 1.64. The van der Waals surface area contributed by atoms with Crippen molar-refractivity contribution in [3.8, 4) is 0 Å². The first-order valence-corrected chi connectivity index (χ1v) is 7.81. The van der Waals surface area contributed by atoms with Crippen molar-refractivity contribution in [2.24, 2.45) is 17.6 Å². The zero-order valence-corrected chi connectivity index (χ0v) is 12.8. The first kappa shape index (κ1) is 14.6. The lowest BCUT2D eigenvalue weighted by atomic mass is 9.71. The van der Waals surface area contributed by atoms with Gasteiger partial charge in [0.15, 0.2) is 0 Å². The zero-order valence-electron chi connectivity index (χ0n) is 12.8. The van der Waals surface area contributed by atoms with E-state index in [1.807, 2.05) is 0 Å². The molecule has 1 saturated carbocycles. The van der Waals surface area contributed by atoms with Crippen LogP contribution in [0.1, 0.15) is 57.1 Å². The van der Waals surface area contributed by atoms with Crippen LogP contribution in [-0.2, 0) is 6.42 Å². The van der Waals surface area contributed by atoms with E-state index in [1.165, 1.54) is 43.2 Å². The summed E-state index contributed by atoms with van der Waals surface area (Å²) in [7, 11) is 0. The molecule has 0 saturated heterocycles. The Balaban J connectivity index is 1.99. The van der Waals surface area contributed by atoms with E-state index in [1.54, 1.807) is 0 Å². The SMILES string of the molecule is Cc1ccc(CC2(N)CCCC(CC(C)C)C2)cc1. The normalized spacial score (nSPS) is 27.7. The van der Waals surface area contributed by atoms with Gasteiger partial charge in [0, 0.05) is 5.54 Å². The Morgan fingerprint density at radius 2 is 1.95 bits per heavy atom. The van der Waals surface area contributed by atoms with Crippen molar-refractivity contribution in [3.63, 3.8) is 0 Å². The third-order valence-corrected chi connectivity index (χ3v) is 4.46. The van der Waals surface area contributed by atoms with Crippen LogP contribution in [-0.4, -0.2) is 5.54 Å². The number of rotatable bonds is 4. The van der Waals surface area contributed by atoms with E-state index < -0.39 is 0 Å². The number of hydrogen-bond acceptors (Lipinski definition) is 1. The average Bonchev–Trinajstić information content (AvgIpc) is 2.31. The Hall–Kier alpha value is -0.820. The molecule has 1 fully saturated rings. The van der Waals surface area contributed by atoms with Gasteiger partial charge in [-0.25, -0.2) is 0 Å². The minimum absolute atomic E-state index is 0.0348. The predicted octanol–water partition coefficient (Wildman–Crippen LogP) is 4.47. The maximum Gasteiger partial charge on any atom is 0.0197 e. The summed E-state index contributed by atoms with van der Waals surface area (Å²) in [6.07, 6.45) is 7.47. The van der Waals surface area contributed by atoms with Crippen LogP contribution in [0.5, 0.6) is 0 Å². The molecule has 2 atom stereocenters. The molecule has 1 nitrogen and oxygen atoms in total. The summed E-state index contributed by atoms with van der Waals surface area (Å²) in [5, 5.41) is 0. The second kappa shape index (κ2) is 6.09. The second-order valence-electron chi connectivity index (χ2n) is 7.12. The van der Waals surface area contributed by atoms with Crippen molar-refractivity contribution < 1.29 is 0 Å². The van der Waals surface area contributed by atoms with Crippen LogP contribution in [0.15, 0.2) is 24.3 Å². The molecule has 19 heavy (non-hydrogen) atoms. The van der Waals surface area contributed by atoms with Crippen LogP contribution in [0.3, 0.4) is 0 Å². The Kier molecular flexibility index (Phi) is 4.67. The fourth-order valence-electron chi connectivity index (χ4n) is 3.66. The van der Waals surface area contributed by atoms with Crippen molar-refractivity contribution in [3.05, 3.63) is 35.4 Å². The van der Waals surface area contributed by atoms with Gasteiger partial charge in [0.1, 0.15) is 0 Å². The van der Waals surface area contributed by atoms with Crippen LogP contribution in [0, 0.1) is 18.8 Å². The van der Waals surface area contributed by atoms with Crippen LogP contribution in [0.4, 0.5) is 0 Å². The first-order chi connectivity index (χ1) is 8.97. The molecule has 2 N–H and O–H groups in total. The van der Waals surface area contributed by atoms with E-state index in [0.29, 0.717) is 0 Å². The summed E-state index contributed by atoms with van der Waals surface area (Å²) < 4.78 is 0. The molecule has 0 bridgehead atoms. The molecule has 0 radical (unpaired) electrons. The second-order valence-corrected chi connectivity index (χ2v) is 7.12. The first-order valence-electron chi connectivity index (χ1n) is 7.81. The minimum Gasteiger partial charge on any atom is -0.325 e. The molecule has 1 aliphatic carbocycles. The van der Waals surface area contributed by atoms with E-state index in [-0.39, 0.29) is 5.54 Å². The monoisotopic (exact) mass is 259 g/mol. The van der Waals surface area contributed by atoms with Gasteiger partial charge in [-0.1, -0.05) is 56.5 Å². The molecule has 2 unspecified atom stereocenters. The summed E-state index contributed by atoms with van der Waals surface area (Å²) in [4.78, 5) is 0. The average molecular weight is 259 g/mol. The van der Waals surface area contributed by atoms with E-state index in [0.717, 1.165) is 18.3 Å². The lowest BCUT2D eigenvalue weighted by molar-refractivity contribution is 0.200. The van der Waals surface area contributed by atoms with Crippen molar-refractivity contribution in [2.45, 2.75) is 64.8 Å². The maximum absolute atomic E-state index is 6.70. The van der Waals surface area contributed by atoms with E-state index in [2.05, 4.69) is 45.0 Å². The van der Waals surface area contributed by atoms with Crippen molar-refractivity contribution >= 4 is 0 Å². The van der Waals surface area contributed by atoms with E-state index >= 15 is 0 Å². The number of hydrogen-bond donors (Lipinski definition) is 1. The third-order valence-electron chi connectivity index (χ3n) is 4.46. The van der Waals surface area contributed by atoms with Crippen LogP contribution in [0.25, 0.3) is 0 Å². The van der Waals surface area contributed by atoms with Crippen molar-refractivity contribution in [1.82, 2.24) is 0 Å². The molecular weight excluding hydrogens is 230 g/mol. The largest absolute Gasteiger partial charge is 0.325 e. The minimum atomic E-state index is 0.0348. The highest BCUT2D eigenvalue weighted by Gasteiger charge is 2.32. The van der Waals surface area contributed by atoms with Crippen LogP contribution < -0.4 is 5.73 Å². The van der Waals surface area contributed by atoms with E-state index in [9.17, 15) is 0 Å². The molecule has 1 aliphatic rings. The summed E-state index contributed by atoms with van der Waals surface area (Å²) in [5.41, 5.74) is 9.46. The van der Waals surface area contributed by atoms with Gasteiger partial charge < -0.3 is 5.73 Å². The fourth-order valence-corrected chi connectivity index (χ4v) is 3.66. The molecule has 1 aromatic carbocycles. The predicted molar refractivity (Wildman–Crippen MR) is 83.2 cm³/mol. The highest BCUT2D eigenvalue weighted by Crippen LogP contribution is 2.36. The van der Waals surface area contributed by atoms with Gasteiger partial charge in [0.25, 0.3) is 0 Å². The van der Waals surface area contributed by atoms with Crippen LogP contribution in [0.2, 0.25) is 0 Å². The molecule has 0 heterocycles. The molecule has 2 rings (SSSR count). The maximum atomic E-state index is 6.70. The molecule has 0 spiro atoms. The molecule has 1 heteroatoms. The van der Waals surface area contributed by atoms with Gasteiger partial charge in [-0.3, -0.25) is 0 Å². The molecular formula is C18H29N. The molecule has 1 aromatic rings. The summed E-state index contributed by atoms with van der Waals surface area (Å²) in [6.45, 7) is 6.79. The summed E-state index contributed by atoms with van der Waals surface area (Å²) >= 11 is 0. The summed E-state index contributed by atoms with van der Waals surface area (Å²) in [6, 6.07) is 8.90. The van der Waals surface area contributed by atoms with Gasteiger partial charge >= 0.3 is 0 Å². The number of aryl methyl sites for hydroxylation is 1. The van der Waals surface area contributed by atoms with Gasteiger partial charge in [0.2, 0.25) is 0 Å². The Morgan fingerprint density at radius 3 is 2.58 bits per heavy atom. The quantitative estimate of drug-likeness (QED) is 0.848. The highest BCUT2D eigenvalue weighted by molar-refractivity contribution is 5.23. The number of benzene rings is 1. The Bertz CT molecular complexity index is 393.